The molecule has 0 bridgehead atoms. The fraction of sp³-hybridized carbons (Fsp3) is 0.550. The van der Waals surface area contributed by atoms with Crippen LogP contribution in [0.4, 0.5) is 0 Å². The molecule has 2 atom stereocenters. The molecule has 0 aliphatic carbocycles. The summed E-state index contributed by atoms with van der Waals surface area (Å²) in [7, 11) is 4.22. The topological polar surface area (TPSA) is 48.6 Å². The van der Waals surface area contributed by atoms with Crippen molar-refractivity contribution in [3.8, 4) is 0 Å². The van der Waals surface area contributed by atoms with E-state index in [4.69, 9.17) is 4.74 Å². The van der Waals surface area contributed by atoms with E-state index in [9.17, 15) is 4.79 Å². The molecule has 1 spiro atoms. The van der Waals surface area contributed by atoms with E-state index in [-0.39, 0.29) is 11.5 Å². The molecule has 2 aliphatic rings. The predicted octanol–water partition coefficient (Wildman–Crippen LogP) is 2.74. The minimum Gasteiger partial charge on any atom is -0.373 e. The van der Waals surface area contributed by atoms with Crippen LogP contribution >= 0.6 is 0 Å². The SMILES string of the molecule is CN(C)CC1COC2(CCCN(C(=O)c3ccc4[nH]ccc4c3)C2)C1. The monoisotopic (exact) mass is 341 g/mol. The highest BCUT2D eigenvalue weighted by Gasteiger charge is 2.44. The Balaban J connectivity index is 1.48. The number of aromatic nitrogens is 1. The van der Waals surface area contributed by atoms with Crippen LogP contribution in [0.1, 0.15) is 29.6 Å². The maximum absolute atomic E-state index is 13.0. The average molecular weight is 341 g/mol. The maximum atomic E-state index is 13.0. The summed E-state index contributed by atoms with van der Waals surface area (Å²) < 4.78 is 6.24. The maximum Gasteiger partial charge on any atom is 0.253 e. The normalized spacial score (nSPS) is 26.8. The lowest BCUT2D eigenvalue weighted by Gasteiger charge is -2.40. The van der Waals surface area contributed by atoms with Crippen molar-refractivity contribution < 1.29 is 9.53 Å². The van der Waals surface area contributed by atoms with Crippen molar-refractivity contribution in [3.63, 3.8) is 0 Å². The number of ether oxygens (including phenoxy) is 1. The molecule has 2 aliphatic heterocycles. The number of aromatic amines is 1. The second kappa shape index (κ2) is 6.46. The number of carbonyl (C=O) groups is 1. The second-order valence-corrected chi connectivity index (χ2v) is 7.94. The molecule has 3 heterocycles. The first-order chi connectivity index (χ1) is 12.0. The zero-order valence-electron chi connectivity index (χ0n) is 15.1. The van der Waals surface area contributed by atoms with E-state index in [2.05, 4.69) is 24.0 Å². The number of hydrogen-bond donors (Lipinski definition) is 1. The molecule has 2 aromatic rings. The molecule has 5 nitrogen and oxygen atoms in total. The lowest BCUT2D eigenvalue weighted by atomic mass is 9.86. The van der Waals surface area contributed by atoms with Gasteiger partial charge >= 0.3 is 0 Å². The number of fused-ring (bicyclic) bond motifs is 1. The van der Waals surface area contributed by atoms with E-state index >= 15 is 0 Å². The number of amides is 1. The Labute approximate surface area is 148 Å². The van der Waals surface area contributed by atoms with Crippen molar-refractivity contribution in [2.24, 2.45) is 5.92 Å². The van der Waals surface area contributed by atoms with Gasteiger partial charge in [-0.25, -0.2) is 0 Å². The third-order valence-corrected chi connectivity index (χ3v) is 5.54. The molecule has 5 heteroatoms. The standard InChI is InChI=1S/C20H27N3O2/c1-22(2)12-15-11-20(25-13-15)7-3-9-23(14-20)19(24)17-4-5-18-16(10-17)6-8-21-18/h4-6,8,10,15,21H,3,7,9,11-14H2,1-2H3. The average Bonchev–Trinajstić information content (AvgIpc) is 3.20. The van der Waals surface area contributed by atoms with Crippen LogP contribution in [0, 0.1) is 5.92 Å². The molecule has 1 N–H and O–H groups in total. The summed E-state index contributed by atoms with van der Waals surface area (Å²) in [6.07, 6.45) is 5.06. The number of rotatable bonds is 3. The number of likely N-dealkylation sites (tertiary alicyclic amines) is 1. The van der Waals surface area contributed by atoms with E-state index in [1.165, 1.54) is 0 Å². The summed E-state index contributed by atoms with van der Waals surface area (Å²) in [6, 6.07) is 7.91. The molecule has 2 unspecified atom stereocenters. The molecular weight excluding hydrogens is 314 g/mol. The predicted molar refractivity (Wildman–Crippen MR) is 98.8 cm³/mol. The van der Waals surface area contributed by atoms with Gasteiger partial charge in [0.05, 0.1) is 12.2 Å². The van der Waals surface area contributed by atoms with Gasteiger partial charge in [0.25, 0.3) is 5.91 Å². The zero-order chi connectivity index (χ0) is 17.4. The number of nitrogens with one attached hydrogen (secondary N) is 1. The number of hydrogen-bond acceptors (Lipinski definition) is 3. The van der Waals surface area contributed by atoms with Gasteiger partial charge in [-0.1, -0.05) is 0 Å². The van der Waals surface area contributed by atoms with Crippen LogP contribution in [0.15, 0.2) is 30.5 Å². The van der Waals surface area contributed by atoms with Crippen LogP contribution in [-0.4, -0.2) is 66.6 Å². The minimum absolute atomic E-state index is 0.127. The molecule has 134 valence electrons. The van der Waals surface area contributed by atoms with E-state index < -0.39 is 0 Å². The number of carbonyl (C=O) groups excluding carboxylic acids is 1. The molecule has 1 aromatic heterocycles. The first-order valence-corrected chi connectivity index (χ1v) is 9.20. The van der Waals surface area contributed by atoms with Crippen LogP contribution in [-0.2, 0) is 4.74 Å². The smallest absolute Gasteiger partial charge is 0.253 e. The van der Waals surface area contributed by atoms with Gasteiger partial charge in [0, 0.05) is 42.3 Å². The highest BCUT2D eigenvalue weighted by atomic mass is 16.5. The fourth-order valence-electron chi connectivity index (χ4n) is 4.50. The second-order valence-electron chi connectivity index (χ2n) is 7.94. The third kappa shape index (κ3) is 3.31. The Morgan fingerprint density at radius 1 is 1.40 bits per heavy atom. The van der Waals surface area contributed by atoms with Crippen molar-refractivity contribution in [1.82, 2.24) is 14.8 Å². The van der Waals surface area contributed by atoms with Crippen molar-refractivity contribution in [2.45, 2.75) is 24.9 Å². The molecule has 0 saturated carbocycles. The van der Waals surface area contributed by atoms with Crippen LogP contribution in [0.2, 0.25) is 0 Å². The summed E-state index contributed by atoms with van der Waals surface area (Å²) in [4.78, 5) is 20.4. The van der Waals surface area contributed by atoms with Crippen molar-refractivity contribution in [3.05, 3.63) is 36.0 Å². The number of H-pyrrole nitrogens is 1. The molecule has 1 amide bonds. The van der Waals surface area contributed by atoms with Crippen LogP contribution < -0.4 is 0 Å². The first kappa shape index (κ1) is 16.6. The van der Waals surface area contributed by atoms with Crippen molar-refractivity contribution in [1.29, 1.82) is 0 Å². The van der Waals surface area contributed by atoms with Gasteiger partial charge in [0.2, 0.25) is 0 Å². The Morgan fingerprint density at radius 2 is 2.28 bits per heavy atom. The van der Waals surface area contributed by atoms with E-state index in [0.717, 1.165) is 62.0 Å². The van der Waals surface area contributed by atoms with Gasteiger partial charge in [0.1, 0.15) is 0 Å². The number of piperidine rings is 1. The Morgan fingerprint density at radius 3 is 3.12 bits per heavy atom. The first-order valence-electron chi connectivity index (χ1n) is 9.20. The van der Waals surface area contributed by atoms with Crippen molar-refractivity contribution >= 4 is 16.8 Å². The van der Waals surface area contributed by atoms with Gasteiger partial charge in [-0.05, 0) is 63.5 Å². The molecular formula is C20H27N3O2. The van der Waals surface area contributed by atoms with Crippen LogP contribution in [0.5, 0.6) is 0 Å². The Hall–Kier alpha value is -1.85. The van der Waals surface area contributed by atoms with E-state index in [0.29, 0.717) is 5.92 Å². The van der Waals surface area contributed by atoms with E-state index in [1.807, 2.05) is 35.4 Å². The third-order valence-electron chi connectivity index (χ3n) is 5.54. The lowest BCUT2D eigenvalue weighted by molar-refractivity contribution is -0.0450. The van der Waals surface area contributed by atoms with Gasteiger partial charge in [-0.15, -0.1) is 0 Å². The largest absolute Gasteiger partial charge is 0.373 e. The summed E-state index contributed by atoms with van der Waals surface area (Å²) >= 11 is 0. The fourth-order valence-corrected chi connectivity index (χ4v) is 4.50. The Kier molecular flexibility index (Phi) is 4.29. The summed E-state index contributed by atoms with van der Waals surface area (Å²) in [6.45, 7) is 3.42. The van der Waals surface area contributed by atoms with Gasteiger partial charge in [-0.3, -0.25) is 4.79 Å². The lowest BCUT2D eigenvalue weighted by Crippen LogP contribution is -2.50. The van der Waals surface area contributed by atoms with Gasteiger partial charge in [0.15, 0.2) is 0 Å². The molecule has 1 aromatic carbocycles. The summed E-state index contributed by atoms with van der Waals surface area (Å²) in [5.41, 5.74) is 1.71. The van der Waals surface area contributed by atoms with Gasteiger partial charge in [-0.2, -0.15) is 0 Å². The summed E-state index contributed by atoms with van der Waals surface area (Å²) in [5, 5.41) is 1.08. The van der Waals surface area contributed by atoms with Crippen LogP contribution in [0.3, 0.4) is 0 Å². The highest BCUT2D eigenvalue weighted by Crippen LogP contribution is 2.38. The molecule has 2 saturated heterocycles. The van der Waals surface area contributed by atoms with Crippen molar-refractivity contribution in [2.75, 3.05) is 40.3 Å². The van der Waals surface area contributed by atoms with Gasteiger partial charge < -0.3 is 19.5 Å². The molecule has 25 heavy (non-hydrogen) atoms. The number of benzene rings is 1. The quantitative estimate of drug-likeness (QED) is 0.934. The van der Waals surface area contributed by atoms with E-state index in [1.54, 1.807) is 0 Å². The minimum atomic E-state index is -0.132. The van der Waals surface area contributed by atoms with Crippen LogP contribution in [0.25, 0.3) is 10.9 Å². The molecule has 2 fully saturated rings. The number of nitrogens with zero attached hydrogens (tertiary/aromatic N) is 2. The molecule has 4 rings (SSSR count). The zero-order valence-corrected chi connectivity index (χ0v) is 15.1. The summed E-state index contributed by atoms with van der Waals surface area (Å²) in [5.74, 6) is 0.697. The highest BCUT2D eigenvalue weighted by molar-refractivity contribution is 5.98. The Bertz CT molecular complexity index is 769. The molecule has 0 radical (unpaired) electrons.